The molecule has 0 aliphatic rings. The second kappa shape index (κ2) is 5.49. The van der Waals surface area contributed by atoms with Gasteiger partial charge in [-0.15, -0.1) is 24.4 Å². The third kappa shape index (κ3) is 4.32. The van der Waals surface area contributed by atoms with E-state index in [0.29, 0.717) is 0 Å². The number of nitrogens with zero attached hydrogens (tertiary/aromatic N) is 1. The predicted octanol–water partition coefficient (Wildman–Crippen LogP) is 3.12. The lowest BCUT2D eigenvalue weighted by Crippen LogP contribution is -1.76. The molecule has 0 aliphatic heterocycles. The summed E-state index contributed by atoms with van der Waals surface area (Å²) in [6.45, 7) is 7.34. The SMILES string of the molecule is C=N/C(C)=C(/C=C(/C)S)SC. The molecule has 0 aromatic carbocycles. The van der Waals surface area contributed by atoms with Crippen molar-refractivity contribution in [2.45, 2.75) is 13.8 Å². The lowest BCUT2D eigenvalue weighted by atomic mass is 10.4. The summed E-state index contributed by atoms with van der Waals surface area (Å²) in [5, 5.41) is 0. The van der Waals surface area contributed by atoms with Crippen molar-refractivity contribution in [2.24, 2.45) is 4.99 Å². The van der Waals surface area contributed by atoms with E-state index in [2.05, 4.69) is 24.3 Å². The van der Waals surface area contributed by atoms with Crippen LogP contribution in [0.2, 0.25) is 0 Å². The molecule has 11 heavy (non-hydrogen) atoms. The smallest absolute Gasteiger partial charge is 0.0501 e. The van der Waals surface area contributed by atoms with Gasteiger partial charge in [-0.3, -0.25) is 4.99 Å². The maximum atomic E-state index is 4.18. The molecule has 0 spiro atoms. The highest BCUT2D eigenvalue weighted by Gasteiger charge is 1.94. The zero-order valence-corrected chi connectivity index (χ0v) is 8.80. The van der Waals surface area contributed by atoms with Crippen LogP contribution in [-0.4, -0.2) is 13.0 Å². The first kappa shape index (κ1) is 10.8. The molecule has 0 aliphatic carbocycles. The molecule has 0 radical (unpaired) electrons. The maximum absolute atomic E-state index is 4.18. The van der Waals surface area contributed by atoms with Crippen LogP contribution < -0.4 is 0 Å². The number of thiol groups is 1. The standard InChI is InChI=1S/C8H13NS2/c1-6(10)5-8(11-4)7(2)9-3/h5,10H,3H2,1-2,4H3/b6-5-,8-7-. The highest BCUT2D eigenvalue weighted by Crippen LogP contribution is 2.21. The number of rotatable bonds is 3. The molecule has 0 heterocycles. The van der Waals surface area contributed by atoms with Crippen molar-refractivity contribution in [3.8, 4) is 0 Å². The molecule has 0 rings (SSSR count). The Balaban J connectivity index is 4.66. The Morgan fingerprint density at radius 1 is 1.55 bits per heavy atom. The van der Waals surface area contributed by atoms with Gasteiger partial charge in [-0.2, -0.15) is 0 Å². The normalized spacial score (nSPS) is 14.4. The van der Waals surface area contributed by atoms with Crippen LogP contribution in [-0.2, 0) is 0 Å². The van der Waals surface area contributed by atoms with E-state index in [1.807, 2.05) is 26.2 Å². The molecule has 0 atom stereocenters. The zero-order valence-electron chi connectivity index (χ0n) is 7.09. The third-order valence-corrected chi connectivity index (χ3v) is 2.14. The fraction of sp³-hybridized carbons (Fsp3) is 0.375. The highest BCUT2D eigenvalue weighted by molar-refractivity contribution is 8.02. The molecule has 0 aromatic rings. The van der Waals surface area contributed by atoms with E-state index < -0.39 is 0 Å². The first-order chi connectivity index (χ1) is 5.11. The molecule has 0 saturated carbocycles. The lowest BCUT2D eigenvalue weighted by molar-refractivity contribution is 1.31. The monoisotopic (exact) mass is 187 g/mol. The summed E-state index contributed by atoms with van der Waals surface area (Å²) in [4.78, 5) is 5.94. The second-order valence-corrected chi connectivity index (χ2v) is 3.65. The van der Waals surface area contributed by atoms with Gasteiger partial charge in [-0.05, 0) is 37.8 Å². The van der Waals surface area contributed by atoms with Crippen LogP contribution in [0, 0.1) is 0 Å². The molecule has 0 fully saturated rings. The molecule has 0 bridgehead atoms. The molecule has 62 valence electrons. The Hall–Kier alpha value is -0.150. The summed E-state index contributed by atoms with van der Waals surface area (Å²) in [6, 6.07) is 0. The summed E-state index contributed by atoms with van der Waals surface area (Å²) in [7, 11) is 0. The average Bonchev–Trinajstić information content (AvgIpc) is 1.98. The van der Waals surface area contributed by atoms with E-state index in [1.54, 1.807) is 11.8 Å². The highest BCUT2D eigenvalue weighted by atomic mass is 32.2. The fourth-order valence-corrected chi connectivity index (χ4v) is 1.45. The molecule has 3 heteroatoms. The van der Waals surface area contributed by atoms with Gasteiger partial charge in [0.25, 0.3) is 0 Å². The van der Waals surface area contributed by atoms with Gasteiger partial charge in [0.2, 0.25) is 0 Å². The third-order valence-electron chi connectivity index (χ3n) is 1.15. The molecular weight excluding hydrogens is 174 g/mol. The van der Waals surface area contributed by atoms with Gasteiger partial charge >= 0.3 is 0 Å². The topological polar surface area (TPSA) is 12.4 Å². The summed E-state index contributed by atoms with van der Waals surface area (Å²) >= 11 is 5.83. The molecule has 0 N–H and O–H groups in total. The Morgan fingerprint density at radius 3 is 2.36 bits per heavy atom. The second-order valence-electron chi connectivity index (χ2n) is 2.10. The molecule has 1 nitrogen and oxygen atoms in total. The van der Waals surface area contributed by atoms with E-state index in [-0.39, 0.29) is 0 Å². The number of thioether (sulfide) groups is 1. The summed E-state index contributed by atoms with van der Waals surface area (Å²) in [6.07, 6.45) is 4.00. The molecule has 0 aromatic heterocycles. The summed E-state index contributed by atoms with van der Waals surface area (Å²) in [5.41, 5.74) is 0.950. The van der Waals surface area contributed by atoms with Gasteiger partial charge in [0, 0.05) is 4.91 Å². The van der Waals surface area contributed by atoms with Crippen LogP contribution >= 0.6 is 24.4 Å². The van der Waals surface area contributed by atoms with Crippen molar-refractivity contribution in [3.63, 3.8) is 0 Å². The Labute approximate surface area is 78.1 Å². The summed E-state index contributed by atoms with van der Waals surface area (Å²) < 4.78 is 0. The van der Waals surface area contributed by atoms with E-state index in [4.69, 9.17) is 0 Å². The first-order valence-corrected chi connectivity index (χ1v) is 4.88. The van der Waals surface area contributed by atoms with Gasteiger partial charge in [-0.25, -0.2) is 0 Å². The number of allylic oxidation sites excluding steroid dienone is 3. The lowest BCUT2D eigenvalue weighted by Gasteiger charge is -1.99. The molecule has 0 amide bonds. The Morgan fingerprint density at radius 2 is 2.09 bits per heavy atom. The van der Waals surface area contributed by atoms with E-state index >= 15 is 0 Å². The van der Waals surface area contributed by atoms with Crippen LogP contribution in [0.4, 0.5) is 0 Å². The van der Waals surface area contributed by atoms with Crippen LogP contribution in [0.5, 0.6) is 0 Å². The van der Waals surface area contributed by atoms with Gasteiger partial charge in [0.15, 0.2) is 0 Å². The average molecular weight is 187 g/mol. The minimum atomic E-state index is 0.950. The minimum absolute atomic E-state index is 0.950. The van der Waals surface area contributed by atoms with Crippen molar-refractivity contribution in [1.82, 2.24) is 0 Å². The van der Waals surface area contributed by atoms with Crippen molar-refractivity contribution in [2.75, 3.05) is 6.26 Å². The van der Waals surface area contributed by atoms with Gasteiger partial charge in [-0.1, -0.05) is 0 Å². The van der Waals surface area contributed by atoms with Crippen molar-refractivity contribution in [3.05, 3.63) is 21.6 Å². The number of hydrogen-bond acceptors (Lipinski definition) is 3. The van der Waals surface area contributed by atoms with Gasteiger partial charge in [0.05, 0.1) is 5.70 Å². The van der Waals surface area contributed by atoms with Crippen LogP contribution in [0.25, 0.3) is 0 Å². The van der Waals surface area contributed by atoms with Crippen LogP contribution in [0.3, 0.4) is 0 Å². The van der Waals surface area contributed by atoms with Gasteiger partial charge in [0.1, 0.15) is 0 Å². The number of aliphatic imine (C=N–C) groups is 1. The summed E-state index contributed by atoms with van der Waals surface area (Å²) in [5.74, 6) is 0. The van der Waals surface area contributed by atoms with E-state index in [1.165, 1.54) is 0 Å². The van der Waals surface area contributed by atoms with E-state index in [9.17, 15) is 0 Å². The molecular formula is C8H13NS2. The predicted molar refractivity (Wildman–Crippen MR) is 58.5 cm³/mol. The molecule has 0 unspecified atom stereocenters. The van der Waals surface area contributed by atoms with Crippen LogP contribution in [0.15, 0.2) is 26.6 Å². The first-order valence-electron chi connectivity index (χ1n) is 3.20. The largest absolute Gasteiger partial charge is 0.268 e. The fourth-order valence-electron chi connectivity index (χ4n) is 0.579. The van der Waals surface area contributed by atoms with Crippen molar-refractivity contribution >= 4 is 31.1 Å². The van der Waals surface area contributed by atoms with Crippen LogP contribution in [0.1, 0.15) is 13.8 Å². The Bertz CT molecular complexity index is 200. The minimum Gasteiger partial charge on any atom is -0.268 e. The quantitative estimate of drug-likeness (QED) is 0.407. The Kier molecular flexibility index (Phi) is 5.42. The van der Waals surface area contributed by atoms with Crippen molar-refractivity contribution in [1.29, 1.82) is 0 Å². The molecule has 0 saturated heterocycles. The zero-order chi connectivity index (χ0) is 8.85. The van der Waals surface area contributed by atoms with E-state index in [0.717, 1.165) is 15.5 Å². The number of hydrogen-bond donors (Lipinski definition) is 1. The maximum Gasteiger partial charge on any atom is 0.0501 e. The van der Waals surface area contributed by atoms with Crippen molar-refractivity contribution < 1.29 is 0 Å². The van der Waals surface area contributed by atoms with Gasteiger partial charge < -0.3 is 0 Å².